The summed E-state index contributed by atoms with van der Waals surface area (Å²) in [4.78, 5) is 0. The molecule has 0 atom stereocenters. The number of phenols is 1. The van der Waals surface area contributed by atoms with Crippen LogP contribution in [0.1, 0.15) is 0 Å². The molecule has 0 spiro atoms. The van der Waals surface area contributed by atoms with Gasteiger partial charge in [0.05, 0.1) is 0 Å². The van der Waals surface area contributed by atoms with E-state index in [0.29, 0.717) is 0 Å². The van der Waals surface area contributed by atoms with Gasteiger partial charge in [-0.2, -0.15) is 0 Å². The first-order chi connectivity index (χ1) is 15.8. The van der Waals surface area contributed by atoms with Crippen LogP contribution in [0.2, 0.25) is 0 Å². The number of hydrogen-bond acceptors (Lipinski definition) is 2. The van der Waals surface area contributed by atoms with Gasteiger partial charge >= 0.3 is 0 Å². The molecule has 0 aliphatic heterocycles. The lowest BCUT2D eigenvalue weighted by atomic mass is 9.88. The number of rotatable bonds is 3. The fourth-order valence-electron chi connectivity index (χ4n) is 4.55. The van der Waals surface area contributed by atoms with Crippen molar-refractivity contribution in [3.8, 4) is 39.1 Å². The van der Waals surface area contributed by atoms with E-state index in [2.05, 4.69) is 66.7 Å². The van der Waals surface area contributed by atoms with Gasteiger partial charge < -0.3 is 9.52 Å². The molecule has 0 amide bonds. The van der Waals surface area contributed by atoms with Crippen molar-refractivity contribution in [2.45, 2.75) is 0 Å². The summed E-state index contributed by atoms with van der Waals surface area (Å²) in [6.07, 6.45) is 0. The first-order valence-electron chi connectivity index (χ1n) is 10.7. The molecule has 1 aromatic heterocycles. The van der Waals surface area contributed by atoms with E-state index in [9.17, 15) is 5.11 Å². The molecular weight excluding hydrogens is 392 g/mol. The molecule has 0 saturated heterocycles. The van der Waals surface area contributed by atoms with Gasteiger partial charge in [-0.15, -0.1) is 0 Å². The van der Waals surface area contributed by atoms with Crippen molar-refractivity contribution in [1.82, 2.24) is 0 Å². The molecule has 6 aromatic rings. The van der Waals surface area contributed by atoms with E-state index >= 15 is 0 Å². The summed E-state index contributed by atoms with van der Waals surface area (Å²) in [6.45, 7) is 0. The number of furan rings is 1. The number of hydrogen-bond donors (Lipinski definition) is 1. The number of para-hydroxylation sites is 2. The van der Waals surface area contributed by atoms with Crippen LogP contribution in [0.25, 0.3) is 55.3 Å². The Morgan fingerprint density at radius 2 is 1.12 bits per heavy atom. The Hall–Kier alpha value is -4.30. The Balaban J connectivity index is 1.76. The molecule has 5 aromatic carbocycles. The second-order valence-corrected chi connectivity index (χ2v) is 7.89. The normalized spacial score (nSPS) is 11.2. The van der Waals surface area contributed by atoms with Crippen LogP contribution in [0.4, 0.5) is 0 Å². The molecular formula is C30H20O2. The van der Waals surface area contributed by atoms with E-state index < -0.39 is 0 Å². The number of phenolic OH excluding ortho intramolecular Hbond substituents is 1. The zero-order valence-corrected chi connectivity index (χ0v) is 17.3. The second-order valence-electron chi connectivity index (χ2n) is 7.89. The van der Waals surface area contributed by atoms with Gasteiger partial charge in [0, 0.05) is 21.9 Å². The number of fused-ring (bicyclic) bond motifs is 3. The molecule has 152 valence electrons. The van der Waals surface area contributed by atoms with Crippen LogP contribution in [-0.4, -0.2) is 5.11 Å². The first kappa shape index (κ1) is 18.5. The topological polar surface area (TPSA) is 33.4 Å². The lowest BCUT2D eigenvalue weighted by molar-refractivity contribution is 0.477. The predicted molar refractivity (Wildman–Crippen MR) is 132 cm³/mol. The average molecular weight is 412 g/mol. The maximum absolute atomic E-state index is 10.7. The fraction of sp³-hybridized carbons (Fsp3) is 0. The Kier molecular flexibility index (Phi) is 4.29. The van der Waals surface area contributed by atoms with Gasteiger partial charge in [0.2, 0.25) is 0 Å². The summed E-state index contributed by atoms with van der Waals surface area (Å²) < 4.78 is 6.45. The molecule has 0 bridgehead atoms. The van der Waals surface area contributed by atoms with Crippen LogP contribution in [0.5, 0.6) is 5.75 Å². The third kappa shape index (κ3) is 2.89. The Bertz CT molecular complexity index is 1580. The minimum Gasteiger partial charge on any atom is -0.507 e. The van der Waals surface area contributed by atoms with Crippen LogP contribution in [0, 0.1) is 0 Å². The van der Waals surface area contributed by atoms with Crippen molar-refractivity contribution in [2.75, 3.05) is 0 Å². The SMILES string of the molecule is Oc1ccccc1-c1ccc2c(oc3ccccc32)c1-c1ccccc1-c1ccccc1. The van der Waals surface area contributed by atoms with E-state index in [1.165, 1.54) is 0 Å². The van der Waals surface area contributed by atoms with Gasteiger partial charge in [-0.3, -0.25) is 0 Å². The van der Waals surface area contributed by atoms with Gasteiger partial charge in [0.1, 0.15) is 16.9 Å². The van der Waals surface area contributed by atoms with Crippen molar-refractivity contribution in [1.29, 1.82) is 0 Å². The summed E-state index contributed by atoms with van der Waals surface area (Å²) in [5, 5.41) is 12.9. The molecule has 32 heavy (non-hydrogen) atoms. The number of benzene rings is 5. The van der Waals surface area contributed by atoms with E-state index in [1.807, 2.05) is 42.5 Å². The highest BCUT2D eigenvalue weighted by Crippen LogP contribution is 2.46. The molecule has 1 heterocycles. The van der Waals surface area contributed by atoms with Gasteiger partial charge in [-0.1, -0.05) is 97.1 Å². The zero-order valence-electron chi connectivity index (χ0n) is 17.3. The predicted octanol–water partition coefficient (Wildman–Crippen LogP) is 8.29. The minimum atomic E-state index is 0.251. The summed E-state index contributed by atoms with van der Waals surface area (Å²) in [7, 11) is 0. The standard InChI is InChI=1S/C30H20O2/c31-27-16-8-6-13-22(27)25-18-19-26-23-14-7-9-17-28(23)32-30(26)29(25)24-15-5-4-12-21(24)20-10-2-1-3-11-20/h1-19,31H. The molecule has 0 saturated carbocycles. The van der Waals surface area contributed by atoms with Crippen LogP contribution in [0.3, 0.4) is 0 Å². The van der Waals surface area contributed by atoms with Crippen molar-refractivity contribution in [3.05, 3.63) is 115 Å². The van der Waals surface area contributed by atoms with Crippen molar-refractivity contribution in [3.63, 3.8) is 0 Å². The first-order valence-corrected chi connectivity index (χ1v) is 10.7. The third-order valence-electron chi connectivity index (χ3n) is 6.02. The molecule has 2 heteroatoms. The van der Waals surface area contributed by atoms with Gasteiger partial charge in [-0.05, 0) is 40.5 Å². The van der Waals surface area contributed by atoms with Crippen molar-refractivity contribution in [2.24, 2.45) is 0 Å². The Morgan fingerprint density at radius 3 is 1.94 bits per heavy atom. The molecule has 0 fully saturated rings. The molecule has 0 aliphatic carbocycles. The van der Waals surface area contributed by atoms with E-state index in [0.717, 1.165) is 55.3 Å². The molecule has 6 rings (SSSR count). The Morgan fingerprint density at radius 1 is 0.469 bits per heavy atom. The summed E-state index contributed by atoms with van der Waals surface area (Å²) in [6, 6.07) is 38.5. The molecule has 1 N–H and O–H groups in total. The molecule has 0 aliphatic rings. The lowest BCUT2D eigenvalue weighted by Gasteiger charge is -2.16. The highest BCUT2D eigenvalue weighted by molar-refractivity contribution is 6.14. The zero-order chi connectivity index (χ0) is 21.5. The van der Waals surface area contributed by atoms with Crippen molar-refractivity contribution < 1.29 is 9.52 Å². The van der Waals surface area contributed by atoms with Crippen LogP contribution >= 0.6 is 0 Å². The average Bonchev–Trinajstić information content (AvgIpc) is 3.23. The Labute approximate surface area is 186 Å². The number of aromatic hydroxyl groups is 1. The lowest BCUT2D eigenvalue weighted by Crippen LogP contribution is -1.90. The molecule has 0 unspecified atom stereocenters. The highest BCUT2D eigenvalue weighted by atomic mass is 16.3. The maximum Gasteiger partial charge on any atom is 0.143 e. The maximum atomic E-state index is 10.7. The van der Waals surface area contributed by atoms with E-state index in [1.54, 1.807) is 6.07 Å². The summed E-state index contributed by atoms with van der Waals surface area (Å²) >= 11 is 0. The van der Waals surface area contributed by atoms with Crippen LogP contribution in [-0.2, 0) is 0 Å². The van der Waals surface area contributed by atoms with Gasteiger partial charge in [-0.25, -0.2) is 0 Å². The van der Waals surface area contributed by atoms with Gasteiger partial charge in [0.25, 0.3) is 0 Å². The smallest absolute Gasteiger partial charge is 0.143 e. The minimum absolute atomic E-state index is 0.251. The summed E-state index contributed by atoms with van der Waals surface area (Å²) in [5.74, 6) is 0.251. The van der Waals surface area contributed by atoms with Gasteiger partial charge in [0.15, 0.2) is 0 Å². The summed E-state index contributed by atoms with van der Waals surface area (Å²) in [5.41, 5.74) is 7.73. The highest BCUT2D eigenvalue weighted by Gasteiger charge is 2.21. The third-order valence-corrected chi connectivity index (χ3v) is 6.02. The van der Waals surface area contributed by atoms with E-state index in [-0.39, 0.29) is 5.75 Å². The van der Waals surface area contributed by atoms with Crippen molar-refractivity contribution >= 4 is 21.9 Å². The molecule has 0 radical (unpaired) electrons. The second kappa shape index (κ2) is 7.44. The van der Waals surface area contributed by atoms with E-state index in [4.69, 9.17) is 4.42 Å². The molecule has 2 nitrogen and oxygen atoms in total. The monoisotopic (exact) mass is 412 g/mol. The largest absolute Gasteiger partial charge is 0.507 e. The quantitative estimate of drug-likeness (QED) is 0.317. The fourth-order valence-corrected chi connectivity index (χ4v) is 4.55. The van der Waals surface area contributed by atoms with Crippen LogP contribution in [0.15, 0.2) is 120 Å². The van der Waals surface area contributed by atoms with Crippen LogP contribution < -0.4 is 0 Å².